The van der Waals surface area contributed by atoms with Crippen molar-refractivity contribution < 1.29 is 23.6 Å². The summed E-state index contributed by atoms with van der Waals surface area (Å²) < 4.78 is 15.0. The molecule has 2 atom stereocenters. The molecule has 2 aromatic heterocycles. The van der Waals surface area contributed by atoms with E-state index in [1.54, 1.807) is 35.3 Å². The molecule has 14 heteroatoms. The minimum atomic E-state index is -0.612. The van der Waals surface area contributed by atoms with Crippen LogP contribution in [0.3, 0.4) is 0 Å². The number of amides is 4. The molecule has 5 heterocycles. The summed E-state index contributed by atoms with van der Waals surface area (Å²) in [5, 5.41) is 13.2. The summed E-state index contributed by atoms with van der Waals surface area (Å²) in [7, 11) is 0. The average Bonchev–Trinajstić information content (AvgIpc) is 3.75. The topological polar surface area (TPSA) is 145 Å². The van der Waals surface area contributed by atoms with Crippen LogP contribution < -0.4 is 20.9 Å². The Hall–Kier alpha value is -6.25. The first-order chi connectivity index (χ1) is 29.7. The number of nitrogens with zero attached hydrogens (tertiary/aromatic N) is 6. The molecule has 3 aromatic carbocycles. The van der Waals surface area contributed by atoms with Crippen LogP contribution in [0.5, 0.6) is 0 Å². The Bertz CT molecular complexity index is 2270. The molecule has 4 amide bonds. The van der Waals surface area contributed by atoms with Crippen LogP contribution in [-0.4, -0.2) is 101 Å². The predicted molar refractivity (Wildman–Crippen MR) is 231 cm³/mol. The summed E-state index contributed by atoms with van der Waals surface area (Å²) in [5.41, 5.74) is 5.55. The number of nitrogens with one attached hydrogen (secondary N) is 3. The van der Waals surface area contributed by atoms with Crippen molar-refractivity contribution in [1.82, 2.24) is 35.2 Å². The number of carbonyl (C=O) groups is 4. The van der Waals surface area contributed by atoms with Gasteiger partial charge in [0.1, 0.15) is 24.2 Å². The molecule has 61 heavy (non-hydrogen) atoms. The Labute approximate surface area is 355 Å². The molecule has 8 rings (SSSR count). The number of carbonyl (C=O) groups excluding carboxylic acids is 4. The van der Waals surface area contributed by atoms with Crippen molar-refractivity contribution in [2.24, 2.45) is 5.92 Å². The molecule has 0 saturated carbocycles. The third kappa shape index (κ3) is 10.7. The van der Waals surface area contributed by atoms with E-state index >= 15 is 0 Å². The van der Waals surface area contributed by atoms with E-state index in [-0.39, 0.29) is 41.9 Å². The number of imide groups is 1. The Kier molecular flexibility index (Phi) is 13.2. The molecule has 3 aliphatic rings. The molecule has 3 fully saturated rings. The zero-order valence-electron chi connectivity index (χ0n) is 34.2. The van der Waals surface area contributed by atoms with Gasteiger partial charge in [-0.05, 0) is 84.7 Å². The first kappa shape index (κ1) is 41.5. The Morgan fingerprint density at radius 2 is 1.57 bits per heavy atom. The van der Waals surface area contributed by atoms with Gasteiger partial charge in [0.15, 0.2) is 0 Å². The zero-order valence-corrected chi connectivity index (χ0v) is 34.2. The van der Waals surface area contributed by atoms with Crippen LogP contribution in [0, 0.1) is 11.7 Å². The van der Waals surface area contributed by atoms with E-state index in [0.29, 0.717) is 37.5 Å². The van der Waals surface area contributed by atoms with E-state index in [1.807, 2.05) is 59.6 Å². The maximum Gasteiger partial charge on any atom is 0.247 e. The first-order valence-corrected chi connectivity index (χ1v) is 21.3. The number of hydrogen-bond donors (Lipinski definition) is 3. The molecule has 3 aliphatic heterocycles. The lowest BCUT2D eigenvalue weighted by Crippen LogP contribution is -2.49. The van der Waals surface area contributed by atoms with Crippen LogP contribution in [-0.2, 0) is 32.1 Å². The Morgan fingerprint density at radius 3 is 2.28 bits per heavy atom. The second-order valence-electron chi connectivity index (χ2n) is 16.2. The maximum absolute atomic E-state index is 13.5. The lowest BCUT2D eigenvalue weighted by atomic mass is 9.90. The van der Waals surface area contributed by atoms with Crippen molar-refractivity contribution in [3.8, 4) is 11.1 Å². The fourth-order valence-electron chi connectivity index (χ4n) is 8.54. The standard InChI is InChI=1S/C47H52FN9O4/c48-39-11-6-33(7-12-39)18-21-49-45(36-4-2-1-3-5-36)47(61)52-42-16-10-37(28-50-42)38-29-51-57(31-38)32-44(59)56-22-19-34(20-23-56)30-54-24-26-55(27-25-54)40-13-8-35(9-14-40)41-15-17-43(58)53-46(41)60/h1-14,16,28-29,31,34,41,45,49H,15,17-27,30,32H2,(H,50,52,61)(H,53,58,60)/t41?,45-/m1/s1. The highest BCUT2D eigenvalue weighted by molar-refractivity contribution is 6.01. The number of likely N-dealkylation sites (tertiary alicyclic amines) is 1. The summed E-state index contributed by atoms with van der Waals surface area (Å²) in [6, 6.07) is 27.1. The molecular formula is C47H52FN9O4. The van der Waals surface area contributed by atoms with Gasteiger partial charge in [-0.1, -0.05) is 54.6 Å². The van der Waals surface area contributed by atoms with E-state index in [4.69, 9.17) is 0 Å². The van der Waals surface area contributed by atoms with Crippen molar-refractivity contribution >= 4 is 35.1 Å². The summed E-state index contributed by atoms with van der Waals surface area (Å²) >= 11 is 0. The molecule has 0 radical (unpaired) electrons. The molecule has 5 aromatic rings. The van der Waals surface area contributed by atoms with Gasteiger partial charge < -0.3 is 20.4 Å². The van der Waals surface area contributed by atoms with Crippen molar-refractivity contribution in [2.45, 2.75) is 50.6 Å². The van der Waals surface area contributed by atoms with E-state index in [1.165, 1.54) is 12.1 Å². The van der Waals surface area contributed by atoms with Crippen molar-refractivity contribution in [3.63, 3.8) is 0 Å². The Morgan fingerprint density at radius 1 is 0.820 bits per heavy atom. The summed E-state index contributed by atoms with van der Waals surface area (Å²) in [4.78, 5) is 62.0. The molecule has 0 spiro atoms. The highest BCUT2D eigenvalue weighted by Crippen LogP contribution is 2.28. The fraction of sp³-hybridized carbons (Fsp3) is 0.362. The number of halogens is 1. The van der Waals surface area contributed by atoms with Gasteiger partial charge in [-0.25, -0.2) is 9.37 Å². The lowest BCUT2D eigenvalue weighted by Gasteiger charge is -2.39. The van der Waals surface area contributed by atoms with Gasteiger partial charge in [0.2, 0.25) is 23.6 Å². The molecule has 3 N–H and O–H groups in total. The van der Waals surface area contributed by atoms with Gasteiger partial charge in [0.25, 0.3) is 0 Å². The van der Waals surface area contributed by atoms with Crippen LogP contribution >= 0.6 is 0 Å². The number of rotatable bonds is 14. The molecule has 13 nitrogen and oxygen atoms in total. The molecule has 1 unspecified atom stereocenters. The van der Waals surface area contributed by atoms with Crippen molar-refractivity contribution in [3.05, 3.63) is 132 Å². The monoisotopic (exact) mass is 825 g/mol. The smallest absolute Gasteiger partial charge is 0.247 e. The lowest BCUT2D eigenvalue weighted by molar-refractivity contribution is -0.135. The fourth-order valence-corrected chi connectivity index (χ4v) is 8.54. The quantitative estimate of drug-likeness (QED) is 0.129. The zero-order chi connectivity index (χ0) is 42.1. The molecule has 0 bridgehead atoms. The molecule has 0 aliphatic carbocycles. The second-order valence-corrected chi connectivity index (χ2v) is 16.2. The summed E-state index contributed by atoms with van der Waals surface area (Å²) in [6.07, 6.45) is 8.79. The molecular weight excluding hydrogens is 774 g/mol. The van der Waals surface area contributed by atoms with Gasteiger partial charge in [-0.2, -0.15) is 5.10 Å². The number of benzene rings is 3. The first-order valence-electron chi connectivity index (χ1n) is 21.3. The number of hydrogen-bond acceptors (Lipinski definition) is 9. The van der Waals surface area contributed by atoms with Gasteiger partial charge in [-0.15, -0.1) is 0 Å². The predicted octanol–water partition coefficient (Wildman–Crippen LogP) is 5.18. The largest absolute Gasteiger partial charge is 0.369 e. The van der Waals surface area contributed by atoms with E-state index < -0.39 is 6.04 Å². The normalized spacial score (nSPS) is 18.1. The number of pyridine rings is 1. The minimum absolute atomic E-state index is 0.0563. The van der Waals surface area contributed by atoms with Crippen LogP contribution in [0.1, 0.15) is 54.3 Å². The minimum Gasteiger partial charge on any atom is -0.369 e. The van der Waals surface area contributed by atoms with Crippen LogP contribution in [0.2, 0.25) is 0 Å². The number of piperazine rings is 1. The number of piperidine rings is 2. The average molecular weight is 826 g/mol. The highest BCUT2D eigenvalue weighted by Gasteiger charge is 2.29. The van der Waals surface area contributed by atoms with Crippen LogP contribution in [0.4, 0.5) is 15.9 Å². The van der Waals surface area contributed by atoms with Crippen molar-refractivity contribution in [2.75, 3.05) is 62.6 Å². The number of anilines is 2. The number of aromatic nitrogens is 3. The third-order valence-corrected chi connectivity index (χ3v) is 12.1. The van der Waals surface area contributed by atoms with E-state index in [9.17, 15) is 23.6 Å². The SMILES string of the molecule is O=C1CCC(c2ccc(N3CCN(CC4CCN(C(=O)Cn5cc(-c6ccc(NC(=O)[C@H](NCCc7ccc(F)cc7)c7ccccc7)nc6)cn5)CC4)CC3)cc2)C(=O)N1. The molecule has 316 valence electrons. The van der Waals surface area contributed by atoms with Gasteiger partial charge in [0, 0.05) is 88.0 Å². The van der Waals surface area contributed by atoms with E-state index in [2.05, 4.69) is 48.0 Å². The Balaban J connectivity index is 0.760. The van der Waals surface area contributed by atoms with Gasteiger partial charge >= 0.3 is 0 Å². The van der Waals surface area contributed by atoms with Crippen molar-refractivity contribution in [1.29, 1.82) is 0 Å². The van der Waals surface area contributed by atoms with Crippen LogP contribution in [0.25, 0.3) is 11.1 Å². The highest BCUT2D eigenvalue weighted by atomic mass is 19.1. The summed E-state index contributed by atoms with van der Waals surface area (Å²) in [6.45, 7) is 7.03. The van der Waals surface area contributed by atoms with Gasteiger partial charge in [-0.3, -0.25) is 34.1 Å². The molecule has 3 saturated heterocycles. The summed E-state index contributed by atoms with van der Waals surface area (Å²) in [5.74, 6) is -0.165. The maximum atomic E-state index is 13.5. The third-order valence-electron chi connectivity index (χ3n) is 12.1. The van der Waals surface area contributed by atoms with Crippen LogP contribution in [0.15, 0.2) is 110 Å². The second kappa shape index (κ2) is 19.4. The van der Waals surface area contributed by atoms with E-state index in [0.717, 1.165) is 92.2 Å². The van der Waals surface area contributed by atoms with Gasteiger partial charge in [0.05, 0.1) is 12.1 Å².